The van der Waals surface area contributed by atoms with Crippen molar-refractivity contribution in [1.29, 1.82) is 0 Å². The number of hydrogen-bond acceptors (Lipinski definition) is 9. The number of fused-ring (bicyclic) bond motifs is 1. The standard InChI is InChI=1S/C32H35ClN8O3/c1-5-44-27-17-23(39-15-13-38(3)14-16-39)9-11-26(27)36-31-35-18-22-20-40(29-21(2)7-6-8-25(29)33)32(42)41(30(22)37-31)28-12-10-24(43-4)19-34-28/h6-12,17-19H,5,13-16,20H2,1-4H3,(H,35,36,37). The van der Waals surface area contributed by atoms with Gasteiger partial charge in [0.05, 0.1) is 42.9 Å². The van der Waals surface area contributed by atoms with Crippen LogP contribution in [0.1, 0.15) is 18.1 Å². The van der Waals surface area contributed by atoms with Crippen LogP contribution in [0.2, 0.25) is 5.02 Å². The van der Waals surface area contributed by atoms with Crippen LogP contribution in [0.15, 0.2) is 60.9 Å². The first kappa shape index (κ1) is 29.5. The quantitative estimate of drug-likeness (QED) is 0.256. The number of hydrogen-bond donors (Lipinski definition) is 1. The van der Waals surface area contributed by atoms with Gasteiger partial charge in [0.15, 0.2) is 5.82 Å². The van der Waals surface area contributed by atoms with Crippen LogP contribution in [-0.2, 0) is 6.54 Å². The number of ether oxygens (including phenoxy) is 2. The van der Waals surface area contributed by atoms with Crippen LogP contribution in [0, 0.1) is 6.92 Å². The molecule has 1 fully saturated rings. The summed E-state index contributed by atoms with van der Waals surface area (Å²) in [6, 6.07) is 14.8. The molecular weight excluding hydrogens is 580 g/mol. The Balaban J connectivity index is 1.36. The third kappa shape index (κ3) is 5.80. The van der Waals surface area contributed by atoms with E-state index in [1.807, 2.05) is 32.0 Å². The molecule has 2 amide bonds. The van der Waals surface area contributed by atoms with Gasteiger partial charge in [0.2, 0.25) is 5.95 Å². The molecule has 0 saturated carbocycles. The number of aromatic nitrogens is 3. The Morgan fingerprint density at radius 1 is 1.02 bits per heavy atom. The van der Waals surface area contributed by atoms with E-state index in [1.165, 1.54) is 4.90 Å². The van der Waals surface area contributed by atoms with Crippen molar-refractivity contribution in [3.05, 3.63) is 77.1 Å². The summed E-state index contributed by atoms with van der Waals surface area (Å²) in [6.07, 6.45) is 3.30. The minimum absolute atomic E-state index is 0.246. The van der Waals surface area contributed by atoms with E-state index in [4.69, 9.17) is 26.1 Å². The number of aryl methyl sites for hydroxylation is 1. The molecule has 0 bridgehead atoms. The van der Waals surface area contributed by atoms with Gasteiger partial charge in [-0.05, 0) is 56.8 Å². The second-order valence-corrected chi connectivity index (χ2v) is 11.1. The number of rotatable bonds is 8. The largest absolute Gasteiger partial charge is 0.495 e. The molecule has 4 aromatic rings. The predicted molar refractivity (Wildman–Crippen MR) is 173 cm³/mol. The number of carbonyl (C=O) groups is 1. The lowest BCUT2D eigenvalue weighted by molar-refractivity contribution is 0.252. The van der Waals surface area contributed by atoms with Gasteiger partial charge in [-0.25, -0.2) is 19.7 Å². The number of carbonyl (C=O) groups excluding carboxylic acids is 1. The Bertz CT molecular complexity index is 1640. The average Bonchev–Trinajstić information content (AvgIpc) is 3.03. The molecule has 2 aliphatic rings. The highest BCUT2D eigenvalue weighted by molar-refractivity contribution is 6.34. The molecule has 0 spiro atoms. The molecule has 44 heavy (non-hydrogen) atoms. The minimum atomic E-state index is -0.331. The smallest absolute Gasteiger partial charge is 0.336 e. The van der Waals surface area contributed by atoms with Gasteiger partial charge in [-0.15, -0.1) is 0 Å². The van der Waals surface area contributed by atoms with Crippen LogP contribution < -0.4 is 29.5 Å². The summed E-state index contributed by atoms with van der Waals surface area (Å²) in [4.78, 5) is 36.0. The number of piperazine rings is 1. The number of para-hydroxylation sites is 1. The molecule has 12 heteroatoms. The zero-order chi connectivity index (χ0) is 30.8. The van der Waals surface area contributed by atoms with Crippen molar-refractivity contribution in [3.63, 3.8) is 0 Å². The Labute approximate surface area is 262 Å². The van der Waals surface area contributed by atoms with Crippen molar-refractivity contribution in [1.82, 2.24) is 19.9 Å². The van der Waals surface area contributed by atoms with E-state index in [9.17, 15) is 4.79 Å². The molecule has 228 valence electrons. The van der Waals surface area contributed by atoms with Crippen molar-refractivity contribution in [2.24, 2.45) is 0 Å². The van der Waals surface area contributed by atoms with Crippen LogP contribution in [0.4, 0.5) is 39.4 Å². The van der Waals surface area contributed by atoms with Gasteiger partial charge in [0.1, 0.15) is 17.3 Å². The third-order valence-corrected chi connectivity index (χ3v) is 8.13. The SMILES string of the molecule is CCOc1cc(N2CCN(C)CC2)ccc1Nc1ncc2c(n1)N(c1ccc(OC)cn1)C(=O)N(c1c(C)cccc1Cl)C2. The summed E-state index contributed by atoms with van der Waals surface area (Å²) in [5.41, 5.74) is 4.08. The van der Waals surface area contributed by atoms with Crippen LogP contribution in [-0.4, -0.2) is 72.8 Å². The van der Waals surface area contributed by atoms with Gasteiger partial charge in [-0.3, -0.25) is 4.90 Å². The first-order valence-corrected chi connectivity index (χ1v) is 14.9. The van der Waals surface area contributed by atoms with Gasteiger partial charge in [-0.2, -0.15) is 4.98 Å². The number of anilines is 6. The lowest BCUT2D eigenvalue weighted by Crippen LogP contribution is -2.46. The summed E-state index contributed by atoms with van der Waals surface area (Å²) in [5.74, 6) is 2.42. The highest BCUT2D eigenvalue weighted by Crippen LogP contribution is 2.40. The molecule has 0 atom stereocenters. The Morgan fingerprint density at radius 2 is 1.84 bits per heavy atom. The van der Waals surface area contributed by atoms with Gasteiger partial charge < -0.3 is 24.6 Å². The van der Waals surface area contributed by atoms with Crippen molar-refractivity contribution >= 4 is 52.3 Å². The van der Waals surface area contributed by atoms with Crippen molar-refractivity contribution in [2.75, 3.05) is 67.0 Å². The molecule has 1 saturated heterocycles. The van der Waals surface area contributed by atoms with Gasteiger partial charge in [0, 0.05) is 49.7 Å². The van der Waals surface area contributed by atoms with E-state index in [2.05, 4.69) is 44.3 Å². The summed E-state index contributed by atoms with van der Waals surface area (Å²) < 4.78 is 11.3. The molecule has 0 aliphatic carbocycles. The average molecular weight is 615 g/mol. The maximum absolute atomic E-state index is 14.2. The first-order valence-electron chi connectivity index (χ1n) is 14.6. The Morgan fingerprint density at radius 3 is 2.55 bits per heavy atom. The maximum Gasteiger partial charge on any atom is 0.336 e. The van der Waals surface area contributed by atoms with Gasteiger partial charge in [0.25, 0.3) is 0 Å². The second-order valence-electron chi connectivity index (χ2n) is 10.7. The number of halogens is 1. The summed E-state index contributed by atoms with van der Waals surface area (Å²) in [6.45, 7) is 8.57. The summed E-state index contributed by atoms with van der Waals surface area (Å²) in [7, 11) is 3.71. The number of nitrogens with one attached hydrogen (secondary N) is 1. The molecule has 11 nitrogen and oxygen atoms in total. The maximum atomic E-state index is 14.2. The fourth-order valence-corrected chi connectivity index (χ4v) is 5.78. The topological polar surface area (TPSA) is 99.2 Å². The van der Waals surface area contributed by atoms with Crippen LogP contribution >= 0.6 is 11.6 Å². The van der Waals surface area contributed by atoms with E-state index in [0.717, 1.165) is 48.7 Å². The van der Waals surface area contributed by atoms with Crippen molar-refractivity contribution in [3.8, 4) is 11.5 Å². The fourth-order valence-electron chi connectivity index (χ4n) is 5.46. The monoisotopic (exact) mass is 614 g/mol. The highest BCUT2D eigenvalue weighted by Gasteiger charge is 2.36. The normalized spacial score (nSPS) is 15.3. The molecular formula is C32H35ClN8O3. The van der Waals surface area contributed by atoms with E-state index < -0.39 is 0 Å². The lowest BCUT2D eigenvalue weighted by atomic mass is 10.1. The third-order valence-electron chi connectivity index (χ3n) is 7.83. The number of likely N-dealkylation sites (N-methyl/N-ethyl adjacent to an activating group) is 1. The molecule has 2 aromatic carbocycles. The summed E-state index contributed by atoms with van der Waals surface area (Å²) in [5, 5.41) is 3.80. The lowest BCUT2D eigenvalue weighted by Gasteiger charge is -2.36. The number of methoxy groups -OCH3 is 1. The van der Waals surface area contributed by atoms with Gasteiger partial charge >= 0.3 is 6.03 Å². The number of nitrogens with zero attached hydrogens (tertiary/aromatic N) is 7. The molecule has 6 rings (SSSR count). The Hall–Kier alpha value is -4.61. The van der Waals surface area contributed by atoms with Gasteiger partial charge in [-0.1, -0.05) is 23.7 Å². The van der Waals surface area contributed by atoms with Crippen LogP contribution in [0.3, 0.4) is 0 Å². The second kappa shape index (κ2) is 12.6. The number of amides is 2. The molecule has 2 aromatic heterocycles. The van der Waals surface area contributed by atoms with Crippen molar-refractivity contribution < 1.29 is 14.3 Å². The molecule has 1 N–H and O–H groups in total. The number of urea groups is 1. The number of benzene rings is 2. The van der Waals surface area contributed by atoms with E-state index >= 15 is 0 Å². The van der Waals surface area contributed by atoms with E-state index in [1.54, 1.807) is 42.6 Å². The first-order chi connectivity index (χ1) is 21.4. The molecule has 2 aliphatic heterocycles. The predicted octanol–water partition coefficient (Wildman–Crippen LogP) is 6.01. The molecule has 0 radical (unpaired) electrons. The minimum Gasteiger partial charge on any atom is -0.495 e. The molecule has 0 unspecified atom stereocenters. The summed E-state index contributed by atoms with van der Waals surface area (Å²) >= 11 is 6.61. The van der Waals surface area contributed by atoms with E-state index in [-0.39, 0.29) is 12.6 Å². The fraction of sp³-hybridized carbons (Fsp3) is 0.312. The van der Waals surface area contributed by atoms with Crippen LogP contribution in [0.5, 0.6) is 11.5 Å². The molecule has 4 heterocycles. The highest BCUT2D eigenvalue weighted by atomic mass is 35.5. The van der Waals surface area contributed by atoms with E-state index in [0.29, 0.717) is 46.4 Å². The number of pyridine rings is 1. The zero-order valence-electron chi connectivity index (χ0n) is 25.2. The van der Waals surface area contributed by atoms with Crippen LogP contribution in [0.25, 0.3) is 0 Å². The Kier molecular flexibility index (Phi) is 8.40. The zero-order valence-corrected chi connectivity index (χ0v) is 26.0. The van der Waals surface area contributed by atoms with Crippen molar-refractivity contribution in [2.45, 2.75) is 20.4 Å².